The fraction of sp³-hybridized carbons (Fsp3) is 0.294. The van der Waals surface area contributed by atoms with Crippen LogP contribution in [-0.4, -0.2) is 6.54 Å². The second kappa shape index (κ2) is 6.48. The Morgan fingerprint density at radius 1 is 1.05 bits per heavy atom. The number of nitrogens with one attached hydrogen (secondary N) is 1. The van der Waals surface area contributed by atoms with E-state index < -0.39 is 0 Å². The number of hydrogen-bond acceptors (Lipinski definition) is 1. The van der Waals surface area contributed by atoms with E-state index >= 15 is 0 Å². The SMILES string of the molecule is Cc1ccccc1CCNC(C)c1ccccc1F. The quantitative estimate of drug-likeness (QED) is 0.852. The normalized spacial score (nSPS) is 12.4. The van der Waals surface area contributed by atoms with E-state index in [1.54, 1.807) is 6.07 Å². The predicted molar refractivity (Wildman–Crippen MR) is 77.7 cm³/mol. The van der Waals surface area contributed by atoms with Crippen LogP contribution >= 0.6 is 0 Å². The molecule has 1 unspecified atom stereocenters. The average molecular weight is 257 g/mol. The zero-order valence-corrected chi connectivity index (χ0v) is 11.5. The fourth-order valence-corrected chi connectivity index (χ4v) is 2.25. The van der Waals surface area contributed by atoms with E-state index in [0.717, 1.165) is 18.5 Å². The molecule has 0 saturated heterocycles. The molecule has 0 spiro atoms. The van der Waals surface area contributed by atoms with Gasteiger partial charge in [-0.05, 0) is 44.0 Å². The molecular weight excluding hydrogens is 237 g/mol. The highest BCUT2D eigenvalue weighted by atomic mass is 19.1. The molecule has 19 heavy (non-hydrogen) atoms. The van der Waals surface area contributed by atoms with Gasteiger partial charge in [0.1, 0.15) is 5.82 Å². The molecule has 0 aliphatic heterocycles. The van der Waals surface area contributed by atoms with Crippen LogP contribution in [0.15, 0.2) is 48.5 Å². The molecule has 2 rings (SSSR count). The van der Waals surface area contributed by atoms with Crippen molar-refractivity contribution in [1.82, 2.24) is 5.32 Å². The minimum atomic E-state index is -0.140. The molecule has 0 bridgehead atoms. The lowest BCUT2D eigenvalue weighted by molar-refractivity contribution is 0.530. The van der Waals surface area contributed by atoms with Crippen molar-refractivity contribution < 1.29 is 4.39 Å². The van der Waals surface area contributed by atoms with Gasteiger partial charge in [0.25, 0.3) is 0 Å². The summed E-state index contributed by atoms with van der Waals surface area (Å²) in [6.07, 6.45) is 0.964. The maximum absolute atomic E-state index is 13.6. The van der Waals surface area contributed by atoms with E-state index in [1.807, 2.05) is 25.1 Å². The molecule has 0 heterocycles. The summed E-state index contributed by atoms with van der Waals surface area (Å²) in [5.74, 6) is -0.140. The van der Waals surface area contributed by atoms with Crippen molar-refractivity contribution >= 4 is 0 Å². The molecule has 0 aromatic heterocycles. The number of halogens is 1. The smallest absolute Gasteiger partial charge is 0.127 e. The van der Waals surface area contributed by atoms with Gasteiger partial charge in [-0.3, -0.25) is 0 Å². The van der Waals surface area contributed by atoms with Gasteiger partial charge in [-0.15, -0.1) is 0 Å². The lowest BCUT2D eigenvalue weighted by atomic mass is 10.0. The summed E-state index contributed by atoms with van der Waals surface area (Å²) in [5.41, 5.74) is 3.38. The van der Waals surface area contributed by atoms with Gasteiger partial charge in [0.15, 0.2) is 0 Å². The van der Waals surface area contributed by atoms with E-state index in [-0.39, 0.29) is 11.9 Å². The zero-order valence-electron chi connectivity index (χ0n) is 11.5. The van der Waals surface area contributed by atoms with Gasteiger partial charge in [0.2, 0.25) is 0 Å². The first-order chi connectivity index (χ1) is 9.18. The lowest BCUT2D eigenvalue weighted by Gasteiger charge is -2.15. The third-order valence-electron chi connectivity index (χ3n) is 3.48. The second-order valence-corrected chi connectivity index (χ2v) is 4.87. The number of hydrogen-bond donors (Lipinski definition) is 1. The van der Waals surface area contributed by atoms with Crippen LogP contribution in [0, 0.1) is 12.7 Å². The highest BCUT2D eigenvalue weighted by Gasteiger charge is 2.09. The largest absolute Gasteiger partial charge is 0.310 e. The van der Waals surface area contributed by atoms with E-state index in [4.69, 9.17) is 0 Å². The highest BCUT2D eigenvalue weighted by Crippen LogP contribution is 2.16. The minimum absolute atomic E-state index is 0.0326. The summed E-state index contributed by atoms with van der Waals surface area (Å²) in [4.78, 5) is 0. The van der Waals surface area contributed by atoms with Gasteiger partial charge in [-0.1, -0.05) is 42.5 Å². The molecule has 1 nitrogen and oxygen atoms in total. The standard InChI is InChI=1S/C17H20FN/c1-13-7-3-4-8-15(13)11-12-19-14(2)16-9-5-6-10-17(16)18/h3-10,14,19H,11-12H2,1-2H3. The fourth-order valence-electron chi connectivity index (χ4n) is 2.25. The third-order valence-corrected chi connectivity index (χ3v) is 3.48. The molecular formula is C17H20FN. The summed E-state index contributed by atoms with van der Waals surface area (Å²) < 4.78 is 13.6. The van der Waals surface area contributed by atoms with Crippen LogP contribution in [0.1, 0.15) is 29.7 Å². The van der Waals surface area contributed by atoms with Gasteiger partial charge in [-0.25, -0.2) is 4.39 Å². The molecule has 100 valence electrons. The first kappa shape index (κ1) is 13.8. The molecule has 1 N–H and O–H groups in total. The van der Waals surface area contributed by atoms with Gasteiger partial charge >= 0.3 is 0 Å². The van der Waals surface area contributed by atoms with Gasteiger partial charge < -0.3 is 5.32 Å². The summed E-state index contributed by atoms with van der Waals surface area (Å²) in [6.45, 7) is 4.96. The van der Waals surface area contributed by atoms with E-state index in [0.29, 0.717) is 0 Å². The number of aryl methyl sites for hydroxylation is 1. The number of benzene rings is 2. The first-order valence-electron chi connectivity index (χ1n) is 6.71. The van der Waals surface area contributed by atoms with Crippen molar-refractivity contribution in [3.8, 4) is 0 Å². The van der Waals surface area contributed by atoms with Crippen molar-refractivity contribution in [2.45, 2.75) is 26.3 Å². The van der Waals surface area contributed by atoms with Crippen LogP contribution in [0.5, 0.6) is 0 Å². The van der Waals surface area contributed by atoms with Crippen LogP contribution in [0.25, 0.3) is 0 Å². The molecule has 1 atom stereocenters. The molecule has 0 aliphatic carbocycles. The molecule has 2 aromatic rings. The summed E-state index contributed by atoms with van der Waals surface area (Å²) in [6, 6.07) is 15.3. The summed E-state index contributed by atoms with van der Waals surface area (Å²) in [5, 5.41) is 3.38. The first-order valence-corrected chi connectivity index (χ1v) is 6.71. The van der Waals surface area contributed by atoms with E-state index in [9.17, 15) is 4.39 Å². The average Bonchev–Trinajstić information content (AvgIpc) is 2.41. The molecule has 0 amide bonds. The third kappa shape index (κ3) is 3.65. The maximum atomic E-state index is 13.6. The Bertz CT molecular complexity index is 536. The zero-order chi connectivity index (χ0) is 13.7. The monoisotopic (exact) mass is 257 g/mol. The van der Waals surface area contributed by atoms with Crippen LogP contribution in [0.3, 0.4) is 0 Å². The molecule has 0 aliphatic rings. The summed E-state index contributed by atoms with van der Waals surface area (Å²) >= 11 is 0. The predicted octanol–water partition coefficient (Wildman–Crippen LogP) is 4.03. The van der Waals surface area contributed by atoms with E-state index in [2.05, 4.69) is 30.4 Å². The van der Waals surface area contributed by atoms with Crippen molar-refractivity contribution in [3.63, 3.8) is 0 Å². The highest BCUT2D eigenvalue weighted by molar-refractivity contribution is 5.26. The minimum Gasteiger partial charge on any atom is -0.310 e. The van der Waals surface area contributed by atoms with Crippen LogP contribution in [0.2, 0.25) is 0 Å². The molecule has 0 radical (unpaired) electrons. The number of rotatable bonds is 5. The Kier molecular flexibility index (Phi) is 4.69. The van der Waals surface area contributed by atoms with E-state index in [1.165, 1.54) is 17.2 Å². The Hall–Kier alpha value is -1.67. The topological polar surface area (TPSA) is 12.0 Å². The molecule has 2 aromatic carbocycles. The van der Waals surface area contributed by atoms with Crippen molar-refractivity contribution in [1.29, 1.82) is 0 Å². The Morgan fingerprint density at radius 2 is 1.74 bits per heavy atom. The van der Waals surface area contributed by atoms with Gasteiger partial charge in [0, 0.05) is 11.6 Å². The van der Waals surface area contributed by atoms with Gasteiger partial charge in [-0.2, -0.15) is 0 Å². The van der Waals surface area contributed by atoms with Crippen molar-refractivity contribution in [2.75, 3.05) is 6.54 Å². The Labute approximate surface area is 114 Å². The van der Waals surface area contributed by atoms with Crippen LogP contribution < -0.4 is 5.32 Å². The summed E-state index contributed by atoms with van der Waals surface area (Å²) in [7, 11) is 0. The molecule has 0 fully saturated rings. The second-order valence-electron chi connectivity index (χ2n) is 4.87. The van der Waals surface area contributed by atoms with Crippen molar-refractivity contribution in [3.05, 3.63) is 71.0 Å². The van der Waals surface area contributed by atoms with Crippen molar-refractivity contribution in [2.24, 2.45) is 0 Å². The Balaban J connectivity index is 1.90. The van der Waals surface area contributed by atoms with Crippen LogP contribution in [-0.2, 0) is 6.42 Å². The molecule has 2 heteroatoms. The van der Waals surface area contributed by atoms with Gasteiger partial charge in [0.05, 0.1) is 0 Å². The molecule has 0 saturated carbocycles. The van der Waals surface area contributed by atoms with Crippen LogP contribution in [0.4, 0.5) is 4.39 Å². The Morgan fingerprint density at radius 3 is 2.47 bits per heavy atom. The lowest BCUT2D eigenvalue weighted by Crippen LogP contribution is -2.22. The maximum Gasteiger partial charge on any atom is 0.127 e.